The number of rotatable bonds is 6. The number of benzene rings is 1. The van der Waals surface area contributed by atoms with Gasteiger partial charge in [0, 0.05) is 31.1 Å². The molecule has 0 N–H and O–H groups in total. The topological polar surface area (TPSA) is 18.5 Å². The lowest BCUT2D eigenvalue weighted by Gasteiger charge is -2.45. The van der Waals surface area contributed by atoms with E-state index in [0.717, 1.165) is 31.1 Å². The van der Waals surface area contributed by atoms with Crippen LogP contribution in [0, 0.1) is 5.41 Å². The van der Waals surface area contributed by atoms with Crippen LogP contribution in [-0.2, 0) is 9.47 Å². The average Bonchev–Trinajstić information content (AvgIpc) is 2.95. The minimum atomic E-state index is -1.18. The molecule has 1 aliphatic carbocycles. The number of hydrogen-bond acceptors (Lipinski definition) is 3. The minimum Gasteiger partial charge on any atom is -0.348 e. The summed E-state index contributed by atoms with van der Waals surface area (Å²) in [7, 11) is -1.18. The van der Waals surface area contributed by atoms with Crippen LogP contribution in [0.2, 0.25) is 30.7 Å². The lowest BCUT2D eigenvalue weighted by Crippen LogP contribution is -2.42. The molecular weight excluding hydrogens is 380 g/mol. The molecule has 2 unspecified atom stereocenters. The van der Waals surface area contributed by atoms with E-state index in [1.54, 1.807) is 0 Å². The summed E-state index contributed by atoms with van der Waals surface area (Å²) >= 11 is 8.45. The highest BCUT2D eigenvalue weighted by Crippen LogP contribution is 2.50. The molecule has 5 heteroatoms. The van der Waals surface area contributed by atoms with Crippen LogP contribution in [0.1, 0.15) is 39.0 Å². The van der Waals surface area contributed by atoms with E-state index in [1.807, 2.05) is 23.9 Å². The number of halogens is 1. The Labute approximate surface area is 169 Å². The maximum absolute atomic E-state index is 6.47. The van der Waals surface area contributed by atoms with Crippen molar-refractivity contribution in [3.63, 3.8) is 0 Å². The monoisotopic (exact) mass is 412 g/mol. The maximum atomic E-state index is 6.47. The van der Waals surface area contributed by atoms with Crippen molar-refractivity contribution < 1.29 is 9.47 Å². The van der Waals surface area contributed by atoms with Gasteiger partial charge < -0.3 is 9.47 Å². The molecule has 3 rings (SSSR count). The third-order valence-electron chi connectivity index (χ3n) is 5.54. The minimum absolute atomic E-state index is 0.279. The molecule has 26 heavy (non-hydrogen) atoms. The second kappa shape index (κ2) is 8.16. The van der Waals surface area contributed by atoms with E-state index in [-0.39, 0.29) is 11.2 Å². The largest absolute Gasteiger partial charge is 0.348 e. The van der Waals surface area contributed by atoms with Crippen molar-refractivity contribution in [3.8, 4) is 0 Å². The van der Waals surface area contributed by atoms with Crippen LogP contribution in [0.4, 0.5) is 0 Å². The first-order valence-corrected chi connectivity index (χ1v) is 14.8. The van der Waals surface area contributed by atoms with Gasteiger partial charge in [0.2, 0.25) is 0 Å². The molecular formula is C21H33ClO2SSi. The lowest BCUT2D eigenvalue weighted by atomic mass is 9.70. The Morgan fingerprint density at radius 3 is 2.50 bits per heavy atom. The van der Waals surface area contributed by atoms with Crippen molar-refractivity contribution in [2.24, 2.45) is 5.41 Å². The second-order valence-electron chi connectivity index (χ2n) is 9.59. The molecule has 2 atom stereocenters. The van der Waals surface area contributed by atoms with Gasteiger partial charge in [-0.3, -0.25) is 0 Å². The predicted octanol–water partition coefficient (Wildman–Crippen LogP) is 6.85. The van der Waals surface area contributed by atoms with E-state index in [4.69, 9.17) is 21.1 Å². The molecule has 0 amide bonds. The van der Waals surface area contributed by atoms with Crippen LogP contribution >= 0.6 is 23.4 Å². The molecule has 1 saturated carbocycles. The zero-order valence-electron chi connectivity index (χ0n) is 16.6. The molecule has 1 heterocycles. The molecule has 146 valence electrons. The van der Waals surface area contributed by atoms with Crippen molar-refractivity contribution in [1.29, 1.82) is 0 Å². The zero-order valence-corrected chi connectivity index (χ0v) is 19.2. The van der Waals surface area contributed by atoms with Gasteiger partial charge in [-0.1, -0.05) is 50.3 Å². The Hall–Kier alpha value is -0.00312. The Bertz CT molecular complexity index is 612. The average molecular weight is 413 g/mol. The zero-order chi connectivity index (χ0) is 18.8. The van der Waals surface area contributed by atoms with Crippen LogP contribution in [-0.4, -0.2) is 32.3 Å². The first-order chi connectivity index (χ1) is 12.2. The van der Waals surface area contributed by atoms with Crippen LogP contribution < -0.4 is 0 Å². The van der Waals surface area contributed by atoms with Crippen molar-refractivity contribution in [2.75, 3.05) is 13.2 Å². The van der Waals surface area contributed by atoms with Gasteiger partial charge in [-0.25, -0.2) is 0 Å². The van der Waals surface area contributed by atoms with Gasteiger partial charge >= 0.3 is 0 Å². The summed E-state index contributed by atoms with van der Waals surface area (Å²) in [6, 6.07) is 9.59. The first-order valence-electron chi connectivity index (χ1n) is 9.88. The molecule has 1 saturated heterocycles. The van der Waals surface area contributed by atoms with Gasteiger partial charge in [0.25, 0.3) is 0 Å². The summed E-state index contributed by atoms with van der Waals surface area (Å²) in [6.07, 6.45) is 5.77. The molecule has 0 bridgehead atoms. The summed E-state index contributed by atoms with van der Waals surface area (Å²) in [5, 5.41) is 1.48. The van der Waals surface area contributed by atoms with Crippen molar-refractivity contribution in [1.82, 2.24) is 0 Å². The smallest absolute Gasteiger partial charge is 0.169 e. The van der Waals surface area contributed by atoms with E-state index in [0.29, 0.717) is 5.25 Å². The van der Waals surface area contributed by atoms with Gasteiger partial charge in [-0.2, -0.15) is 0 Å². The molecule has 0 aromatic heterocycles. The van der Waals surface area contributed by atoms with Gasteiger partial charge in [0.15, 0.2) is 5.79 Å². The summed E-state index contributed by atoms with van der Waals surface area (Å²) in [4.78, 5) is 1.22. The van der Waals surface area contributed by atoms with Crippen LogP contribution in [0.5, 0.6) is 0 Å². The number of ether oxygens (including phenoxy) is 2. The van der Waals surface area contributed by atoms with Crippen molar-refractivity contribution in [2.45, 2.75) is 80.6 Å². The van der Waals surface area contributed by atoms with Gasteiger partial charge in [-0.15, -0.1) is 11.8 Å². The fourth-order valence-electron chi connectivity index (χ4n) is 4.64. The molecule has 1 spiro atoms. The normalized spacial score (nSPS) is 27.0. The second-order valence-corrected chi connectivity index (χ2v) is 16.9. The van der Waals surface area contributed by atoms with E-state index >= 15 is 0 Å². The van der Waals surface area contributed by atoms with Gasteiger partial charge in [0.1, 0.15) is 0 Å². The SMILES string of the molecule is CC1(CC(C[Si](C)(C)C)Sc2ccccc2Cl)CCCC2(C1)OCCO2. The number of hydrogen-bond donors (Lipinski definition) is 0. The molecule has 2 nitrogen and oxygen atoms in total. The summed E-state index contributed by atoms with van der Waals surface area (Å²) in [6.45, 7) is 11.4. The summed E-state index contributed by atoms with van der Waals surface area (Å²) in [5.74, 6) is -0.300. The Morgan fingerprint density at radius 1 is 1.15 bits per heavy atom. The molecule has 1 aliphatic heterocycles. The highest BCUT2D eigenvalue weighted by atomic mass is 35.5. The van der Waals surface area contributed by atoms with Crippen LogP contribution in [0.25, 0.3) is 0 Å². The third kappa shape index (κ3) is 5.51. The lowest BCUT2D eigenvalue weighted by molar-refractivity contribution is -0.200. The van der Waals surface area contributed by atoms with Crippen molar-refractivity contribution >= 4 is 31.4 Å². The fourth-order valence-corrected chi connectivity index (χ4v) is 9.43. The first kappa shape index (κ1) is 20.7. The van der Waals surface area contributed by atoms with Crippen LogP contribution in [0.3, 0.4) is 0 Å². The van der Waals surface area contributed by atoms with Crippen LogP contribution in [0.15, 0.2) is 29.2 Å². The molecule has 2 fully saturated rings. The van der Waals surface area contributed by atoms with Gasteiger partial charge in [-0.05, 0) is 42.9 Å². The highest BCUT2D eigenvalue weighted by Gasteiger charge is 2.47. The highest BCUT2D eigenvalue weighted by molar-refractivity contribution is 8.00. The Balaban J connectivity index is 1.75. The molecule has 0 radical (unpaired) electrons. The standard InChI is InChI=1S/C21H33ClO2SSi/c1-20(10-7-11-21(16-20)23-12-13-24-21)14-17(15-26(2,3)4)25-19-9-6-5-8-18(19)22/h5-6,8-9,17H,7,10-16H2,1-4H3. The fraction of sp³-hybridized carbons (Fsp3) is 0.714. The van der Waals surface area contributed by atoms with E-state index in [1.165, 1.54) is 30.2 Å². The number of thioether (sulfide) groups is 1. The van der Waals surface area contributed by atoms with Gasteiger partial charge in [0.05, 0.1) is 18.2 Å². The summed E-state index contributed by atoms with van der Waals surface area (Å²) in [5.41, 5.74) is 0.279. The molecule has 1 aromatic carbocycles. The van der Waals surface area contributed by atoms with E-state index in [2.05, 4.69) is 38.7 Å². The molecule has 2 aliphatic rings. The van der Waals surface area contributed by atoms with E-state index < -0.39 is 8.07 Å². The third-order valence-corrected chi connectivity index (χ3v) is 9.27. The Morgan fingerprint density at radius 2 is 1.85 bits per heavy atom. The quantitative estimate of drug-likeness (QED) is 0.375. The predicted molar refractivity (Wildman–Crippen MR) is 115 cm³/mol. The van der Waals surface area contributed by atoms with E-state index in [9.17, 15) is 0 Å². The maximum Gasteiger partial charge on any atom is 0.169 e. The Kier molecular flexibility index (Phi) is 6.51. The molecule has 1 aromatic rings. The van der Waals surface area contributed by atoms with Crippen molar-refractivity contribution in [3.05, 3.63) is 29.3 Å². The summed E-state index contributed by atoms with van der Waals surface area (Å²) < 4.78 is 12.1.